The summed E-state index contributed by atoms with van der Waals surface area (Å²) in [6.07, 6.45) is 4.55. The first kappa shape index (κ1) is 12.1. The van der Waals surface area contributed by atoms with Crippen molar-refractivity contribution < 1.29 is 4.74 Å². The maximum Gasteiger partial charge on any atom is 0.177 e. The van der Waals surface area contributed by atoms with Gasteiger partial charge in [-0.2, -0.15) is 0 Å². The van der Waals surface area contributed by atoms with Gasteiger partial charge in [-0.3, -0.25) is 0 Å². The van der Waals surface area contributed by atoms with E-state index in [1.54, 1.807) is 6.07 Å². The van der Waals surface area contributed by atoms with E-state index in [-0.39, 0.29) is 6.04 Å². The highest BCUT2D eigenvalue weighted by Gasteiger charge is 2.23. The fourth-order valence-corrected chi connectivity index (χ4v) is 3.08. The largest absolute Gasteiger partial charge is 0.490 e. The van der Waals surface area contributed by atoms with E-state index < -0.39 is 0 Å². The van der Waals surface area contributed by atoms with Crippen LogP contribution < -0.4 is 4.74 Å². The Labute approximate surface area is 119 Å². The Morgan fingerprint density at radius 3 is 2.94 bits per heavy atom. The molecule has 1 aromatic carbocycles. The van der Waals surface area contributed by atoms with Gasteiger partial charge in [-0.15, -0.1) is 0 Å². The molecular formula is C12H10Cl2N2OS. The Hall–Kier alpha value is -0.970. The molecule has 0 fully saturated rings. The van der Waals surface area contributed by atoms with Crippen molar-refractivity contribution in [1.82, 2.24) is 9.55 Å². The summed E-state index contributed by atoms with van der Waals surface area (Å²) in [6, 6.07) is 3.76. The number of imidazole rings is 1. The van der Waals surface area contributed by atoms with Crippen LogP contribution in [0.2, 0.25) is 10.0 Å². The molecule has 6 heteroatoms. The van der Waals surface area contributed by atoms with E-state index in [1.165, 1.54) is 0 Å². The van der Waals surface area contributed by atoms with Gasteiger partial charge in [-0.25, -0.2) is 0 Å². The molecule has 0 bridgehead atoms. The van der Waals surface area contributed by atoms with Crippen LogP contribution >= 0.6 is 35.4 Å². The van der Waals surface area contributed by atoms with Gasteiger partial charge in [0.25, 0.3) is 0 Å². The summed E-state index contributed by atoms with van der Waals surface area (Å²) in [5.74, 6) is 0.736. The summed E-state index contributed by atoms with van der Waals surface area (Å²) in [6.45, 7) is 0.556. The van der Waals surface area contributed by atoms with Crippen LogP contribution in [0, 0.1) is 4.77 Å². The number of halogens is 2. The van der Waals surface area contributed by atoms with Crippen LogP contribution in [0.25, 0.3) is 0 Å². The van der Waals surface area contributed by atoms with Crippen LogP contribution in [0.4, 0.5) is 0 Å². The van der Waals surface area contributed by atoms with Crippen molar-refractivity contribution in [3.63, 3.8) is 0 Å². The monoisotopic (exact) mass is 300 g/mol. The fraction of sp³-hybridized carbons (Fsp3) is 0.250. The third-order valence-electron chi connectivity index (χ3n) is 3.03. The number of nitrogens with zero attached hydrogens (tertiary/aromatic N) is 1. The Bertz CT molecular complexity index is 650. The van der Waals surface area contributed by atoms with Gasteiger partial charge in [0.15, 0.2) is 4.77 Å². The van der Waals surface area contributed by atoms with Gasteiger partial charge < -0.3 is 14.3 Å². The highest BCUT2D eigenvalue weighted by molar-refractivity contribution is 7.71. The summed E-state index contributed by atoms with van der Waals surface area (Å²) < 4.78 is 8.42. The molecular weight excluding hydrogens is 291 g/mol. The molecule has 0 aliphatic carbocycles. The van der Waals surface area contributed by atoms with Crippen molar-refractivity contribution in [2.45, 2.75) is 12.5 Å². The minimum Gasteiger partial charge on any atom is -0.490 e. The SMILES string of the molecule is S=c1[nH]ccn1C1COc2c(Cl)cc(Cl)cc2C1. The lowest BCUT2D eigenvalue weighted by Gasteiger charge is -2.27. The molecule has 94 valence electrons. The topological polar surface area (TPSA) is 29.9 Å². The summed E-state index contributed by atoms with van der Waals surface area (Å²) in [5.41, 5.74) is 1.02. The zero-order valence-corrected chi connectivity index (χ0v) is 11.6. The van der Waals surface area contributed by atoms with E-state index in [2.05, 4.69) is 4.98 Å². The van der Waals surface area contributed by atoms with Crippen molar-refractivity contribution >= 4 is 35.4 Å². The molecule has 1 atom stereocenters. The molecule has 0 saturated heterocycles. The molecule has 1 N–H and O–H groups in total. The number of rotatable bonds is 1. The molecule has 0 saturated carbocycles. The fourth-order valence-electron chi connectivity index (χ4n) is 2.22. The third kappa shape index (κ3) is 2.05. The number of nitrogens with one attached hydrogen (secondary N) is 1. The molecule has 1 unspecified atom stereocenters. The molecule has 2 heterocycles. The highest BCUT2D eigenvalue weighted by Crippen LogP contribution is 2.37. The maximum absolute atomic E-state index is 6.11. The number of benzene rings is 1. The van der Waals surface area contributed by atoms with Crippen molar-refractivity contribution in [2.75, 3.05) is 6.61 Å². The zero-order chi connectivity index (χ0) is 12.7. The van der Waals surface area contributed by atoms with Crippen molar-refractivity contribution in [3.8, 4) is 5.75 Å². The molecule has 18 heavy (non-hydrogen) atoms. The maximum atomic E-state index is 6.11. The quantitative estimate of drug-likeness (QED) is 0.806. The van der Waals surface area contributed by atoms with Gasteiger partial charge in [0.1, 0.15) is 12.4 Å². The van der Waals surface area contributed by atoms with Gasteiger partial charge in [0, 0.05) is 23.8 Å². The first-order valence-corrected chi connectivity index (χ1v) is 6.68. The molecule has 1 aromatic heterocycles. The van der Waals surface area contributed by atoms with Crippen molar-refractivity contribution in [1.29, 1.82) is 0 Å². The van der Waals surface area contributed by atoms with Crippen LogP contribution in [-0.2, 0) is 6.42 Å². The Kier molecular flexibility index (Phi) is 3.09. The van der Waals surface area contributed by atoms with Gasteiger partial charge in [-0.1, -0.05) is 23.2 Å². The van der Waals surface area contributed by atoms with E-state index in [4.69, 9.17) is 40.2 Å². The van der Waals surface area contributed by atoms with Gasteiger partial charge in [-0.05, 0) is 29.9 Å². The number of ether oxygens (including phenoxy) is 1. The minimum atomic E-state index is 0.172. The molecule has 0 radical (unpaired) electrons. The molecule has 0 spiro atoms. The molecule has 0 amide bonds. The van der Waals surface area contributed by atoms with Crippen molar-refractivity contribution in [2.24, 2.45) is 0 Å². The molecule has 2 aromatic rings. The average Bonchev–Trinajstić information content (AvgIpc) is 2.74. The van der Waals surface area contributed by atoms with Crippen LogP contribution in [0.15, 0.2) is 24.5 Å². The number of hydrogen-bond donors (Lipinski definition) is 1. The van der Waals surface area contributed by atoms with Crippen LogP contribution in [0.5, 0.6) is 5.75 Å². The number of aromatic nitrogens is 2. The van der Waals surface area contributed by atoms with Crippen LogP contribution in [0.3, 0.4) is 0 Å². The number of fused-ring (bicyclic) bond motifs is 1. The van der Waals surface area contributed by atoms with E-state index in [0.29, 0.717) is 21.4 Å². The first-order valence-electron chi connectivity index (χ1n) is 5.51. The molecule has 1 aliphatic heterocycles. The summed E-state index contributed by atoms with van der Waals surface area (Å²) in [4.78, 5) is 2.98. The normalized spacial score (nSPS) is 18.2. The molecule has 1 aliphatic rings. The summed E-state index contributed by atoms with van der Waals surface area (Å²) >= 11 is 17.3. The van der Waals surface area contributed by atoms with Gasteiger partial charge in [0.2, 0.25) is 0 Å². The molecule has 3 rings (SSSR count). The Balaban J connectivity index is 1.99. The lowest BCUT2D eigenvalue weighted by Crippen LogP contribution is -2.24. The van der Waals surface area contributed by atoms with Crippen LogP contribution in [-0.4, -0.2) is 16.2 Å². The summed E-state index contributed by atoms with van der Waals surface area (Å²) in [5, 5.41) is 1.19. The second-order valence-corrected chi connectivity index (χ2v) is 5.45. The smallest absolute Gasteiger partial charge is 0.177 e. The zero-order valence-electron chi connectivity index (χ0n) is 9.32. The van der Waals surface area contributed by atoms with Crippen LogP contribution in [0.1, 0.15) is 11.6 Å². The predicted octanol–water partition coefficient (Wildman–Crippen LogP) is 4.03. The average molecular weight is 301 g/mol. The number of hydrogen-bond acceptors (Lipinski definition) is 2. The Morgan fingerprint density at radius 1 is 1.39 bits per heavy atom. The second-order valence-electron chi connectivity index (χ2n) is 4.22. The molecule has 3 nitrogen and oxygen atoms in total. The van der Waals surface area contributed by atoms with E-state index in [0.717, 1.165) is 17.7 Å². The van der Waals surface area contributed by atoms with E-state index in [1.807, 2.05) is 23.0 Å². The lowest BCUT2D eigenvalue weighted by molar-refractivity contribution is 0.223. The standard InChI is InChI=1S/C12H10Cl2N2OS/c13-8-3-7-4-9(16-2-1-15-12(16)18)6-17-11(7)10(14)5-8/h1-3,5,9H,4,6H2,(H,15,18). The van der Waals surface area contributed by atoms with E-state index >= 15 is 0 Å². The highest BCUT2D eigenvalue weighted by atomic mass is 35.5. The minimum absolute atomic E-state index is 0.172. The summed E-state index contributed by atoms with van der Waals surface area (Å²) in [7, 11) is 0. The Morgan fingerprint density at radius 2 is 2.22 bits per heavy atom. The number of H-pyrrole nitrogens is 1. The number of aromatic amines is 1. The second kappa shape index (κ2) is 4.61. The lowest BCUT2D eigenvalue weighted by atomic mass is 10.0. The predicted molar refractivity (Wildman–Crippen MR) is 74.3 cm³/mol. The first-order chi connectivity index (χ1) is 8.65. The third-order valence-corrected chi connectivity index (χ3v) is 3.86. The van der Waals surface area contributed by atoms with Gasteiger partial charge in [0.05, 0.1) is 11.1 Å². The van der Waals surface area contributed by atoms with E-state index in [9.17, 15) is 0 Å². The van der Waals surface area contributed by atoms with Gasteiger partial charge >= 0.3 is 0 Å². The van der Waals surface area contributed by atoms with Crippen molar-refractivity contribution in [3.05, 3.63) is 44.9 Å².